The predicted octanol–water partition coefficient (Wildman–Crippen LogP) is 1.66. The second-order valence-electron chi connectivity index (χ2n) is 1.02. The van der Waals surface area contributed by atoms with E-state index in [-0.39, 0.29) is 6.42 Å². The van der Waals surface area contributed by atoms with Gasteiger partial charge in [0.05, 0.1) is 6.42 Å². The fourth-order valence-corrected chi connectivity index (χ4v) is 0.179. The van der Waals surface area contributed by atoms with Crippen LogP contribution in [0.2, 0.25) is 0 Å². The highest BCUT2D eigenvalue weighted by Gasteiger charge is 1.94. The summed E-state index contributed by atoms with van der Waals surface area (Å²) in [6.45, 7) is 1.54. The first-order chi connectivity index (χ1) is 3.27. The first-order valence-corrected chi connectivity index (χ1v) is 1.95. The van der Waals surface area contributed by atoms with Gasteiger partial charge in [0.2, 0.25) is 6.43 Å². The van der Waals surface area contributed by atoms with Gasteiger partial charge in [0.1, 0.15) is 0 Å². The molecule has 0 heterocycles. The minimum absolute atomic E-state index is 0.295. The topological polar surface area (TPSA) is 0 Å². The van der Waals surface area contributed by atoms with Crippen molar-refractivity contribution in [3.63, 3.8) is 0 Å². The average molecular weight is 104 g/mol. The Kier molecular flexibility index (Phi) is 3.31. The van der Waals surface area contributed by atoms with Crippen LogP contribution < -0.4 is 0 Å². The van der Waals surface area contributed by atoms with E-state index in [0.29, 0.717) is 0 Å². The van der Waals surface area contributed by atoms with Gasteiger partial charge in [0.15, 0.2) is 0 Å². The van der Waals surface area contributed by atoms with Gasteiger partial charge in [-0.15, -0.1) is 5.92 Å². The average Bonchev–Trinajstić information content (AvgIpc) is 1.61. The van der Waals surface area contributed by atoms with Crippen LogP contribution in [-0.2, 0) is 0 Å². The molecule has 0 atom stereocenters. The molecule has 0 saturated carbocycles. The van der Waals surface area contributed by atoms with E-state index in [9.17, 15) is 8.78 Å². The van der Waals surface area contributed by atoms with Gasteiger partial charge in [-0.25, -0.2) is 8.78 Å². The number of halogens is 2. The predicted molar refractivity (Wildman–Crippen MR) is 24.1 cm³/mol. The molecule has 0 rings (SSSR count). The third-order valence-corrected chi connectivity index (χ3v) is 0.433. The van der Waals surface area contributed by atoms with E-state index in [2.05, 4.69) is 11.8 Å². The first-order valence-electron chi connectivity index (χ1n) is 1.95. The second kappa shape index (κ2) is 3.60. The number of hydrogen-bond acceptors (Lipinski definition) is 0. The molecule has 0 unspecified atom stereocenters. The van der Waals surface area contributed by atoms with Gasteiger partial charge in [0, 0.05) is 0 Å². The minimum atomic E-state index is -2.27. The fourth-order valence-electron chi connectivity index (χ4n) is 0.179. The second-order valence-corrected chi connectivity index (χ2v) is 1.02. The molecular weight excluding hydrogens is 98.1 g/mol. The van der Waals surface area contributed by atoms with Crippen LogP contribution in [0.3, 0.4) is 0 Å². The maximum absolute atomic E-state index is 11.1. The molecule has 40 valence electrons. The molecular formula is C5H6F2. The Balaban J connectivity index is 3.08. The molecule has 0 saturated heterocycles. The zero-order chi connectivity index (χ0) is 5.70. The number of rotatable bonds is 1. The Labute approximate surface area is 41.5 Å². The van der Waals surface area contributed by atoms with Crippen molar-refractivity contribution in [3.05, 3.63) is 0 Å². The van der Waals surface area contributed by atoms with Crippen molar-refractivity contribution in [1.82, 2.24) is 0 Å². The Morgan fingerprint density at radius 3 is 2.29 bits per heavy atom. The molecule has 0 aromatic rings. The molecule has 0 bridgehead atoms. The summed E-state index contributed by atoms with van der Waals surface area (Å²) in [6.07, 6.45) is -2.57. The maximum atomic E-state index is 11.1. The van der Waals surface area contributed by atoms with Crippen molar-refractivity contribution in [3.8, 4) is 11.8 Å². The Bertz CT molecular complexity index is 86.0. The largest absolute Gasteiger partial charge is 0.249 e. The molecule has 0 N–H and O–H groups in total. The van der Waals surface area contributed by atoms with Crippen LogP contribution in [0.15, 0.2) is 0 Å². The standard InChI is InChI=1S/C5H6F2/c1-2-3-4-5(6)7/h5H,4H2,1H3. The van der Waals surface area contributed by atoms with Crippen LogP contribution in [0.4, 0.5) is 8.78 Å². The maximum Gasteiger partial charge on any atom is 0.249 e. The van der Waals surface area contributed by atoms with Crippen LogP contribution in [0.1, 0.15) is 13.3 Å². The zero-order valence-electron chi connectivity index (χ0n) is 4.04. The van der Waals surface area contributed by atoms with Gasteiger partial charge in [-0.1, -0.05) is 5.92 Å². The molecule has 7 heavy (non-hydrogen) atoms. The molecule has 0 aliphatic heterocycles. The normalized spacial score (nSPS) is 8.00. The van der Waals surface area contributed by atoms with E-state index < -0.39 is 6.43 Å². The Morgan fingerprint density at radius 1 is 1.57 bits per heavy atom. The summed E-state index contributed by atoms with van der Waals surface area (Å²) in [6, 6.07) is 0. The molecule has 0 aromatic carbocycles. The molecule has 2 heteroatoms. The fraction of sp³-hybridized carbons (Fsp3) is 0.600. The third-order valence-electron chi connectivity index (χ3n) is 0.433. The van der Waals surface area contributed by atoms with Crippen molar-refractivity contribution < 1.29 is 8.78 Å². The Morgan fingerprint density at radius 2 is 2.14 bits per heavy atom. The van der Waals surface area contributed by atoms with E-state index >= 15 is 0 Å². The molecule has 0 aromatic heterocycles. The minimum Gasteiger partial charge on any atom is -0.209 e. The van der Waals surface area contributed by atoms with E-state index in [4.69, 9.17) is 0 Å². The lowest BCUT2D eigenvalue weighted by molar-refractivity contribution is 0.155. The van der Waals surface area contributed by atoms with Crippen LogP contribution >= 0.6 is 0 Å². The van der Waals surface area contributed by atoms with E-state index in [1.54, 1.807) is 6.92 Å². The van der Waals surface area contributed by atoms with Gasteiger partial charge in [-0.2, -0.15) is 0 Å². The lowest BCUT2D eigenvalue weighted by Gasteiger charge is -1.82. The quantitative estimate of drug-likeness (QED) is 0.444. The van der Waals surface area contributed by atoms with Crippen LogP contribution in [0.25, 0.3) is 0 Å². The van der Waals surface area contributed by atoms with Gasteiger partial charge < -0.3 is 0 Å². The zero-order valence-corrected chi connectivity index (χ0v) is 4.04. The van der Waals surface area contributed by atoms with Crippen LogP contribution in [0.5, 0.6) is 0 Å². The molecule has 0 radical (unpaired) electrons. The summed E-state index contributed by atoms with van der Waals surface area (Å²) < 4.78 is 22.2. The molecule has 0 spiro atoms. The number of hydrogen-bond donors (Lipinski definition) is 0. The van der Waals surface area contributed by atoms with Crippen LogP contribution in [-0.4, -0.2) is 6.43 Å². The summed E-state index contributed by atoms with van der Waals surface area (Å²) in [5.41, 5.74) is 0. The van der Waals surface area contributed by atoms with Crippen molar-refractivity contribution in [2.24, 2.45) is 0 Å². The lowest BCUT2D eigenvalue weighted by Crippen LogP contribution is -1.83. The first kappa shape index (κ1) is 6.42. The lowest BCUT2D eigenvalue weighted by atomic mass is 10.4. The molecule has 0 aliphatic rings. The smallest absolute Gasteiger partial charge is 0.209 e. The van der Waals surface area contributed by atoms with E-state index in [0.717, 1.165) is 0 Å². The van der Waals surface area contributed by atoms with Gasteiger partial charge >= 0.3 is 0 Å². The van der Waals surface area contributed by atoms with Crippen molar-refractivity contribution in [1.29, 1.82) is 0 Å². The van der Waals surface area contributed by atoms with Gasteiger partial charge in [-0.05, 0) is 6.92 Å². The molecule has 0 aliphatic carbocycles. The highest BCUT2D eigenvalue weighted by molar-refractivity contribution is 4.95. The molecule has 0 amide bonds. The van der Waals surface area contributed by atoms with Crippen molar-refractivity contribution in [2.45, 2.75) is 19.8 Å². The van der Waals surface area contributed by atoms with E-state index in [1.165, 1.54) is 0 Å². The van der Waals surface area contributed by atoms with Crippen molar-refractivity contribution in [2.75, 3.05) is 0 Å². The summed E-state index contributed by atoms with van der Waals surface area (Å²) in [4.78, 5) is 0. The summed E-state index contributed by atoms with van der Waals surface area (Å²) in [7, 11) is 0. The highest BCUT2D eigenvalue weighted by Crippen LogP contribution is 1.94. The highest BCUT2D eigenvalue weighted by atomic mass is 19.3. The summed E-state index contributed by atoms with van der Waals surface area (Å²) >= 11 is 0. The SMILES string of the molecule is CC#CCC(F)F. The van der Waals surface area contributed by atoms with Crippen molar-refractivity contribution >= 4 is 0 Å². The third kappa shape index (κ3) is 5.42. The Hall–Kier alpha value is -0.580. The molecule has 0 nitrogen and oxygen atoms in total. The van der Waals surface area contributed by atoms with Crippen LogP contribution in [0, 0.1) is 11.8 Å². The van der Waals surface area contributed by atoms with Gasteiger partial charge in [0.25, 0.3) is 0 Å². The summed E-state index contributed by atoms with van der Waals surface area (Å²) in [5, 5.41) is 0. The monoisotopic (exact) mass is 104 g/mol. The van der Waals surface area contributed by atoms with Gasteiger partial charge in [-0.3, -0.25) is 0 Å². The number of alkyl halides is 2. The molecule has 0 fully saturated rings. The summed E-state index contributed by atoms with van der Waals surface area (Å²) in [5.74, 6) is 4.62. The van der Waals surface area contributed by atoms with E-state index in [1.807, 2.05) is 0 Å².